The molecule has 0 bridgehead atoms. The maximum atomic E-state index is 12.5. The number of nitro benzene ring substituents is 1. The van der Waals surface area contributed by atoms with Gasteiger partial charge in [0.1, 0.15) is 0 Å². The first-order chi connectivity index (χ1) is 15.6. The zero-order valence-corrected chi connectivity index (χ0v) is 18.4. The monoisotopic (exact) mass is 437 g/mol. The molecule has 0 aliphatic carbocycles. The molecule has 2 saturated heterocycles. The number of anilines is 3. The highest BCUT2D eigenvalue weighted by Gasteiger charge is 2.20. The number of piperazine rings is 1. The molecule has 1 N–H and O–H groups in total. The number of rotatable bonds is 6. The summed E-state index contributed by atoms with van der Waals surface area (Å²) in [6.45, 7) is 5.71. The molecule has 8 nitrogen and oxygen atoms in total. The molecule has 8 heteroatoms. The standard InChI is InChI=1S/C24H31N5O3/c30-24(25-20-5-7-21(8-6-20)27-13-3-1-2-4-14-27)19-26-15-17-28(18-16-26)22-9-11-23(12-10-22)29(31)32/h5-12H,1-4,13-19H2,(H,25,30). The Kier molecular flexibility index (Phi) is 7.21. The van der Waals surface area contributed by atoms with Crippen molar-refractivity contribution in [2.45, 2.75) is 25.7 Å². The summed E-state index contributed by atoms with van der Waals surface area (Å²) in [6, 6.07) is 14.8. The van der Waals surface area contributed by atoms with E-state index in [4.69, 9.17) is 0 Å². The lowest BCUT2D eigenvalue weighted by Crippen LogP contribution is -2.48. The lowest BCUT2D eigenvalue weighted by atomic mass is 10.2. The highest BCUT2D eigenvalue weighted by Crippen LogP contribution is 2.22. The van der Waals surface area contributed by atoms with Gasteiger partial charge in [-0.25, -0.2) is 0 Å². The molecule has 4 rings (SSSR count). The number of nitrogens with zero attached hydrogens (tertiary/aromatic N) is 4. The Balaban J connectivity index is 1.23. The summed E-state index contributed by atoms with van der Waals surface area (Å²) in [4.78, 5) is 29.7. The van der Waals surface area contributed by atoms with Crippen molar-refractivity contribution in [3.05, 3.63) is 58.6 Å². The molecular weight excluding hydrogens is 406 g/mol. The average molecular weight is 438 g/mol. The molecule has 2 aliphatic rings. The number of nitro groups is 1. The Labute approximate surface area is 189 Å². The first kappa shape index (κ1) is 22.1. The van der Waals surface area contributed by atoms with Gasteiger partial charge in [0.2, 0.25) is 5.91 Å². The van der Waals surface area contributed by atoms with Crippen LogP contribution < -0.4 is 15.1 Å². The topological polar surface area (TPSA) is 82.0 Å². The van der Waals surface area contributed by atoms with E-state index in [1.807, 2.05) is 12.1 Å². The van der Waals surface area contributed by atoms with Crippen molar-refractivity contribution in [2.75, 3.05) is 60.9 Å². The van der Waals surface area contributed by atoms with Crippen LogP contribution in [0, 0.1) is 10.1 Å². The van der Waals surface area contributed by atoms with Gasteiger partial charge in [0.15, 0.2) is 0 Å². The maximum Gasteiger partial charge on any atom is 0.269 e. The van der Waals surface area contributed by atoms with E-state index in [9.17, 15) is 14.9 Å². The molecule has 0 aromatic heterocycles. The third-order valence-corrected chi connectivity index (χ3v) is 6.29. The molecular formula is C24H31N5O3. The molecule has 1 amide bonds. The van der Waals surface area contributed by atoms with Gasteiger partial charge >= 0.3 is 0 Å². The van der Waals surface area contributed by atoms with Crippen molar-refractivity contribution in [2.24, 2.45) is 0 Å². The SMILES string of the molecule is O=C(CN1CCN(c2ccc([N+](=O)[O-])cc2)CC1)Nc1ccc(N2CCCCCC2)cc1. The summed E-state index contributed by atoms with van der Waals surface area (Å²) in [7, 11) is 0. The third kappa shape index (κ3) is 5.76. The molecule has 2 aliphatic heterocycles. The van der Waals surface area contributed by atoms with Crippen LogP contribution in [0.25, 0.3) is 0 Å². The van der Waals surface area contributed by atoms with E-state index in [1.165, 1.54) is 43.5 Å². The van der Waals surface area contributed by atoms with E-state index in [-0.39, 0.29) is 16.5 Å². The molecule has 0 saturated carbocycles. The third-order valence-electron chi connectivity index (χ3n) is 6.29. The van der Waals surface area contributed by atoms with Gasteiger partial charge in [0.25, 0.3) is 5.69 Å². The lowest BCUT2D eigenvalue weighted by Gasteiger charge is -2.35. The molecule has 0 unspecified atom stereocenters. The molecule has 2 fully saturated rings. The first-order valence-electron chi connectivity index (χ1n) is 11.4. The van der Waals surface area contributed by atoms with Gasteiger partial charge < -0.3 is 15.1 Å². The zero-order valence-electron chi connectivity index (χ0n) is 18.4. The maximum absolute atomic E-state index is 12.5. The van der Waals surface area contributed by atoms with Gasteiger partial charge in [-0.1, -0.05) is 12.8 Å². The van der Waals surface area contributed by atoms with E-state index in [0.717, 1.165) is 50.6 Å². The van der Waals surface area contributed by atoms with Crippen LogP contribution >= 0.6 is 0 Å². The van der Waals surface area contributed by atoms with E-state index in [1.54, 1.807) is 12.1 Å². The summed E-state index contributed by atoms with van der Waals surface area (Å²) in [5.74, 6) is -0.00342. The molecule has 0 spiro atoms. The summed E-state index contributed by atoms with van der Waals surface area (Å²) in [5.41, 5.74) is 3.14. The smallest absolute Gasteiger partial charge is 0.269 e. The van der Waals surface area contributed by atoms with Crippen LogP contribution in [0.15, 0.2) is 48.5 Å². The minimum absolute atomic E-state index is 0.00342. The fourth-order valence-corrected chi connectivity index (χ4v) is 4.44. The fourth-order valence-electron chi connectivity index (χ4n) is 4.44. The minimum Gasteiger partial charge on any atom is -0.372 e. The molecule has 2 heterocycles. The van der Waals surface area contributed by atoms with Crippen LogP contribution in [0.1, 0.15) is 25.7 Å². The number of nitrogens with one attached hydrogen (secondary N) is 1. The summed E-state index contributed by atoms with van der Waals surface area (Å²) in [5, 5.41) is 13.8. The van der Waals surface area contributed by atoms with Crippen LogP contribution in [0.3, 0.4) is 0 Å². The van der Waals surface area contributed by atoms with Crippen molar-refractivity contribution in [3.8, 4) is 0 Å². The molecule has 2 aromatic carbocycles. The van der Waals surface area contributed by atoms with E-state index >= 15 is 0 Å². The number of carbonyl (C=O) groups is 1. The second-order valence-electron chi connectivity index (χ2n) is 8.53. The second kappa shape index (κ2) is 10.5. The van der Waals surface area contributed by atoms with Crippen LogP contribution in [0.4, 0.5) is 22.7 Å². The van der Waals surface area contributed by atoms with Gasteiger partial charge in [-0.2, -0.15) is 0 Å². The van der Waals surface area contributed by atoms with Crippen LogP contribution in [-0.4, -0.2) is 61.5 Å². The average Bonchev–Trinajstić information content (AvgIpc) is 3.10. The van der Waals surface area contributed by atoms with Crippen LogP contribution in [0.2, 0.25) is 0 Å². The Morgan fingerprint density at radius 3 is 1.88 bits per heavy atom. The number of hydrogen-bond donors (Lipinski definition) is 1. The van der Waals surface area contributed by atoms with Gasteiger partial charge in [-0.3, -0.25) is 19.8 Å². The van der Waals surface area contributed by atoms with Crippen LogP contribution in [0.5, 0.6) is 0 Å². The minimum atomic E-state index is -0.386. The van der Waals surface area contributed by atoms with E-state index < -0.39 is 0 Å². The van der Waals surface area contributed by atoms with E-state index in [2.05, 4.69) is 32.1 Å². The summed E-state index contributed by atoms with van der Waals surface area (Å²) >= 11 is 0. The number of hydrogen-bond acceptors (Lipinski definition) is 6. The van der Waals surface area contributed by atoms with Crippen molar-refractivity contribution < 1.29 is 9.72 Å². The highest BCUT2D eigenvalue weighted by molar-refractivity contribution is 5.92. The van der Waals surface area contributed by atoms with Crippen LogP contribution in [-0.2, 0) is 4.79 Å². The quantitative estimate of drug-likeness (QED) is 0.548. The number of amides is 1. The Morgan fingerprint density at radius 1 is 0.781 bits per heavy atom. The number of non-ortho nitro benzene ring substituents is 1. The van der Waals surface area contributed by atoms with Crippen molar-refractivity contribution in [1.29, 1.82) is 0 Å². The molecule has 2 aromatic rings. The van der Waals surface area contributed by atoms with Gasteiger partial charge in [0.05, 0.1) is 11.5 Å². The predicted octanol–water partition coefficient (Wildman–Crippen LogP) is 3.74. The number of benzene rings is 2. The zero-order chi connectivity index (χ0) is 22.3. The Morgan fingerprint density at radius 2 is 1.31 bits per heavy atom. The molecule has 0 radical (unpaired) electrons. The normalized spacial score (nSPS) is 17.6. The summed E-state index contributed by atoms with van der Waals surface area (Å²) < 4.78 is 0. The lowest BCUT2D eigenvalue weighted by molar-refractivity contribution is -0.384. The van der Waals surface area contributed by atoms with Gasteiger partial charge in [0, 0.05) is 68.5 Å². The Hall–Kier alpha value is -3.13. The first-order valence-corrected chi connectivity index (χ1v) is 11.4. The summed E-state index contributed by atoms with van der Waals surface area (Å²) in [6.07, 6.45) is 5.12. The molecule has 170 valence electrons. The fraction of sp³-hybridized carbons (Fsp3) is 0.458. The molecule has 0 atom stereocenters. The van der Waals surface area contributed by atoms with Crippen molar-refractivity contribution in [3.63, 3.8) is 0 Å². The molecule has 32 heavy (non-hydrogen) atoms. The van der Waals surface area contributed by atoms with Gasteiger partial charge in [-0.05, 0) is 49.2 Å². The highest BCUT2D eigenvalue weighted by atomic mass is 16.6. The largest absolute Gasteiger partial charge is 0.372 e. The predicted molar refractivity (Wildman–Crippen MR) is 128 cm³/mol. The van der Waals surface area contributed by atoms with Crippen molar-refractivity contribution >= 4 is 28.7 Å². The van der Waals surface area contributed by atoms with Crippen molar-refractivity contribution in [1.82, 2.24) is 4.90 Å². The number of carbonyl (C=O) groups excluding carboxylic acids is 1. The van der Waals surface area contributed by atoms with Gasteiger partial charge in [-0.15, -0.1) is 0 Å². The Bertz CT molecular complexity index is 900. The van der Waals surface area contributed by atoms with E-state index in [0.29, 0.717) is 6.54 Å². The second-order valence-corrected chi connectivity index (χ2v) is 8.53.